The molecule has 0 atom stereocenters. The third kappa shape index (κ3) is 2.72. The third-order valence-corrected chi connectivity index (χ3v) is 2.72. The van der Waals surface area contributed by atoms with Gasteiger partial charge in [-0.15, -0.1) is 0 Å². The Morgan fingerprint density at radius 1 is 1.29 bits per heavy atom. The molecular formula is C13H6F4N2O2. The van der Waals surface area contributed by atoms with Gasteiger partial charge in [0.25, 0.3) is 0 Å². The molecule has 108 valence electrons. The van der Waals surface area contributed by atoms with E-state index in [4.69, 9.17) is 10.4 Å². The van der Waals surface area contributed by atoms with Crippen LogP contribution in [0.2, 0.25) is 0 Å². The molecule has 4 nitrogen and oxygen atoms in total. The monoisotopic (exact) mass is 298 g/mol. The van der Waals surface area contributed by atoms with Crippen LogP contribution in [0.1, 0.15) is 21.5 Å². The summed E-state index contributed by atoms with van der Waals surface area (Å²) in [6.07, 6.45) is -3.57. The van der Waals surface area contributed by atoms with Crippen molar-refractivity contribution in [2.45, 2.75) is 6.18 Å². The summed E-state index contributed by atoms with van der Waals surface area (Å²) in [6, 6.07) is 4.55. The minimum atomic E-state index is -4.86. The molecule has 2 aromatic rings. The Morgan fingerprint density at radius 2 is 1.95 bits per heavy atom. The smallest absolute Gasteiger partial charge is 0.418 e. The van der Waals surface area contributed by atoms with Gasteiger partial charge in [-0.1, -0.05) is 0 Å². The second-order valence-electron chi connectivity index (χ2n) is 4.07. The minimum Gasteiger partial charge on any atom is -0.478 e. The SMILES string of the molecule is N#Cc1cc(F)ccc1-n1cc(C(=O)O)c(C(F)(F)F)c1. The van der Waals surface area contributed by atoms with E-state index in [0.717, 1.165) is 29.0 Å². The van der Waals surface area contributed by atoms with Crippen LogP contribution in [-0.2, 0) is 6.18 Å². The summed E-state index contributed by atoms with van der Waals surface area (Å²) in [5, 5.41) is 17.7. The maximum absolute atomic E-state index is 13.0. The van der Waals surface area contributed by atoms with Crippen molar-refractivity contribution < 1.29 is 27.5 Å². The summed E-state index contributed by atoms with van der Waals surface area (Å²) in [4.78, 5) is 10.9. The number of nitriles is 1. The molecular weight excluding hydrogens is 292 g/mol. The largest absolute Gasteiger partial charge is 0.478 e. The molecule has 0 bridgehead atoms. The van der Waals surface area contributed by atoms with E-state index in [-0.39, 0.29) is 11.3 Å². The van der Waals surface area contributed by atoms with Crippen LogP contribution in [0, 0.1) is 17.1 Å². The lowest BCUT2D eigenvalue weighted by Gasteiger charge is -2.06. The Labute approximate surface area is 115 Å². The highest BCUT2D eigenvalue weighted by Gasteiger charge is 2.37. The van der Waals surface area contributed by atoms with Gasteiger partial charge in [0, 0.05) is 12.4 Å². The second-order valence-corrected chi connectivity index (χ2v) is 4.07. The molecule has 0 saturated carbocycles. The maximum atomic E-state index is 13.0. The van der Waals surface area contributed by atoms with Gasteiger partial charge in [-0.3, -0.25) is 0 Å². The molecule has 1 heterocycles. The van der Waals surface area contributed by atoms with Crippen LogP contribution in [-0.4, -0.2) is 15.6 Å². The number of benzene rings is 1. The predicted octanol–water partition coefficient (Wildman–Crippen LogP) is 3.21. The molecule has 1 aromatic heterocycles. The van der Waals surface area contributed by atoms with Crippen LogP contribution in [0.15, 0.2) is 30.6 Å². The number of nitrogens with zero attached hydrogens (tertiary/aromatic N) is 2. The van der Waals surface area contributed by atoms with E-state index in [0.29, 0.717) is 6.20 Å². The summed E-state index contributed by atoms with van der Waals surface area (Å²) in [5.41, 5.74) is -2.55. The fraction of sp³-hybridized carbons (Fsp3) is 0.0769. The molecule has 0 aliphatic carbocycles. The van der Waals surface area contributed by atoms with Gasteiger partial charge >= 0.3 is 12.1 Å². The number of carbonyl (C=O) groups is 1. The van der Waals surface area contributed by atoms with Gasteiger partial charge in [0.1, 0.15) is 11.9 Å². The average Bonchev–Trinajstić information content (AvgIpc) is 2.83. The molecule has 8 heteroatoms. The van der Waals surface area contributed by atoms with E-state index >= 15 is 0 Å². The van der Waals surface area contributed by atoms with Crippen molar-refractivity contribution in [2.75, 3.05) is 0 Å². The number of hydrogen-bond acceptors (Lipinski definition) is 2. The normalized spacial score (nSPS) is 11.2. The van der Waals surface area contributed by atoms with Gasteiger partial charge in [0.05, 0.1) is 22.4 Å². The van der Waals surface area contributed by atoms with Crippen LogP contribution in [0.5, 0.6) is 0 Å². The quantitative estimate of drug-likeness (QED) is 0.866. The van der Waals surface area contributed by atoms with Gasteiger partial charge in [0.15, 0.2) is 0 Å². The highest BCUT2D eigenvalue weighted by atomic mass is 19.4. The van der Waals surface area contributed by atoms with Crippen LogP contribution in [0.3, 0.4) is 0 Å². The number of alkyl halides is 3. The third-order valence-electron chi connectivity index (χ3n) is 2.72. The zero-order valence-corrected chi connectivity index (χ0v) is 10.1. The van der Waals surface area contributed by atoms with Crippen molar-refractivity contribution in [2.24, 2.45) is 0 Å². The van der Waals surface area contributed by atoms with Crippen molar-refractivity contribution in [3.63, 3.8) is 0 Å². The van der Waals surface area contributed by atoms with Gasteiger partial charge in [-0.05, 0) is 18.2 Å². The number of carboxylic acids is 1. The lowest BCUT2D eigenvalue weighted by Crippen LogP contribution is -2.09. The summed E-state index contributed by atoms with van der Waals surface area (Å²) >= 11 is 0. The Bertz CT molecular complexity index is 757. The molecule has 1 N–H and O–H groups in total. The molecule has 0 aliphatic rings. The first kappa shape index (κ1) is 14.6. The van der Waals surface area contributed by atoms with Crippen LogP contribution in [0.4, 0.5) is 17.6 Å². The summed E-state index contributed by atoms with van der Waals surface area (Å²) in [5.74, 6) is -2.47. The first-order chi connectivity index (χ1) is 9.74. The number of aromatic nitrogens is 1. The minimum absolute atomic E-state index is 0.0445. The number of halogens is 4. The first-order valence-corrected chi connectivity index (χ1v) is 5.46. The van der Waals surface area contributed by atoms with E-state index in [9.17, 15) is 22.4 Å². The van der Waals surface area contributed by atoms with E-state index in [1.165, 1.54) is 0 Å². The Balaban J connectivity index is 2.67. The van der Waals surface area contributed by atoms with Crippen LogP contribution >= 0.6 is 0 Å². The highest BCUT2D eigenvalue weighted by Crippen LogP contribution is 2.34. The first-order valence-electron chi connectivity index (χ1n) is 5.46. The van der Waals surface area contributed by atoms with E-state index in [2.05, 4.69) is 0 Å². The van der Waals surface area contributed by atoms with Crippen LogP contribution in [0.25, 0.3) is 5.69 Å². The molecule has 0 fully saturated rings. The summed E-state index contributed by atoms with van der Waals surface area (Å²) in [7, 11) is 0. The van der Waals surface area contributed by atoms with Gasteiger partial charge in [-0.2, -0.15) is 18.4 Å². The Morgan fingerprint density at radius 3 is 2.43 bits per heavy atom. The molecule has 0 radical (unpaired) electrons. The molecule has 0 spiro atoms. The van der Waals surface area contributed by atoms with Gasteiger partial charge < -0.3 is 9.67 Å². The fourth-order valence-corrected chi connectivity index (χ4v) is 1.81. The zero-order chi connectivity index (χ0) is 15.8. The standard InChI is InChI=1S/C13H6F4N2O2/c14-8-1-2-11(7(3-8)4-18)19-5-9(12(20)21)10(6-19)13(15,16)17/h1-3,5-6H,(H,20,21). The molecule has 1 aromatic carbocycles. The molecule has 2 rings (SSSR count). The van der Waals surface area contributed by atoms with Crippen molar-refractivity contribution in [3.8, 4) is 11.8 Å². The topological polar surface area (TPSA) is 66.0 Å². The number of hydrogen-bond donors (Lipinski definition) is 1. The van der Waals surface area contributed by atoms with Gasteiger partial charge in [0.2, 0.25) is 0 Å². The van der Waals surface area contributed by atoms with E-state index in [1.807, 2.05) is 0 Å². The predicted molar refractivity (Wildman–Crippen MR) is 62.4 cm³/mol. The highest BCUT2D eigenvalue weighted by molar-refractivity contribution is 5.89. The zero-order valence-electron chi connectivity index (χ0n) is 10.1. The number of rotatable bonds is 2. The Kier molecular flexibility index (Phi) is 3.43. The number of carboxylic acid groups (broad SMARTS) is 1. The maximum Gasteiger partial charge on any atom is 0.418 e. The van der Waals surface area contributed by atoms with E-state index in [1.54, 1.807) is 6.07 Å². The van der Waals surface area contributed by atoms with Crippen LogP contribution < -0.4 is 0 Å². The van der Waals surface area contributed by atoms with E-state index < -0.39 is 29.1 Å². The second kappa shape index (κ2) is 4.94. The fourth-order valence-electron chi connectivity index (χ4n) is 1.81. The van der Waals surface area contributed by atoms with Crippen molar-refractivity contribution >= 4 is 5.97 Å². The molecule has 21 heavy (non-hydrogen) atoms. The molecule has 0 aliphatic heterocycles. The lowest BCUT2D eigenvalue weighted by atomic mass is 10.2. The lowest BCUT2D eigenvalue weighted by molar-refractivity contribution is -0.138. The van der Waals surface area contributed by atoms with Crippen molar-refractivity contribution in [3.05, 3.63) is 53.1 Å². The van der Waals surface area contributed by atoms with Crippen molar-refractivity contribution in [1.29, 1.82) is 5.26 Å². The molecule has 0 unspecified atom stereocenters. The molecule has 0 saturated heterocycles. The summed E-state index contributed by atoms with van der Waals surface area (Å²) in [6.45, 7) is 0. The summed E-state index contributed by atoms with van der Waals surface area (Å²) < 4.78 is 52.2. The Hall–Kier alpha value is -2.82. The molecule has 0 amide bonds. The van der Waals surface area contributed by atoms with Gasteiger partial charge in [-0.25, -0.2) is 9.18 Å². The number of aromatic carboxylic acids is 1. The van der Waals surface area contributed by atoms with Crippen molar-refractivity contribution in [1.82, 2.24) is 4.57 Å². The average molecular weight is 298 g/mol.